The minimum atomic E-state index is 0.284. The van der Waals surface area contributed by atoms with Crippen LogP contribution in [0.4, 0.5) is 11.9 Å². The summed E-state index contributed by atoms with van der Waals surface area (Å²) in [5, 5.41) is 0. The quantitative estimate of drug-likeness (QED) is 0.827. The molecule has 6 nitrogen and oxygen atoms in total. The molecule has 0 radical (unpaired) electrons. The van der Waals surface area contributed by atoms with Gasteiger partial charge in [0.05, 0.1) is 0 Å². The van der Waals surface area contributed by atoms with Crippen LogP contribution in [-0.4, -0.2) is 53.1 Å². The van der Waals surface area contributed by atoms with E-state index in [0.29, 0.717) is 11.8 Å². The molecule has 2 N–H and O–H groups in total. The number of allylic oxidation sites excluding steroid dienone is 1. The Morgan fingerprint density at radius 1 is 1.11 bits per heavy atom. The molecule has 6 heteroatoms. The van der Waals surface area contributed by atoms with Crippen molar-refractivity contribution in [3.63, 3.8) is 0 Å². The van der Waals surface area contributed by atoms with E-state index < -0.39 is 0 Å². The standard InChI is InChI=1S/C12H20N6/c1-9(2)8-10-14-11(13)16-12(15-10)18-6-4-17(3)5-7-18/h8H,4-7H2,1-3H3,(H2,13,14,15,16). The van der Waals surface area contributed by atoms with Crippen LogP contribution in [0.3, 0.4) is 0 Å². The van der Waals surface area contributed by atoms with Crippen molar-refractivity contribution in [2.75, 3.05) is 43.9 Å². The van der Waals surface area contributed by atoms with Crippen LogP contribution in [0.25, 0.3) is 6.08 Å². The summed E-state index contributed by atoms with van der Waals surface area (Å²) in [5.41, 5.74) is 6.88. The Bertz CT molecular complexity index is 444. The number of nitrogens with two attached hydrogens (primary N) is 1. The maximum absolute atomic E-state index is 5.74. The maximum atomic E-state index is 5.74. The highest BCUT2D eigenvalue weighted by molar-refractivity contribution is 5.48. The first-order chi connectivity index (χ1) is 8.54. The summed E-state index contributed by atoms with van der Waals surface area (Å²) in [6.07, 6.45) is 1.91. The van der Waals surface area contributed by atoms with Crippen molar-refractivity contribution in [3.8, 4) is 0 Å². The van der Waals surface area contributed by atoms with Crippen molar-refractivity contribution in [3.05, 3.63) is 11.4 Å². The Labute approximate surface area is 108 Å². The molecule has 0 unspecified atom stereocenters. The highest BCUT2D eigenvalue weighted by Crippen LogP contribution is 2.13. The van der Waals surface area contributed by atoms with E-state index in [1.54, 1.807) is 0 Å². The molecule has 1 aliphatic heterocycles. The fourth-order valence-electron chi connectivity index (χ4n) is 1.87. The number of piperazine rings is 1. The zero-order chi connectivity index (χ0) is 13.1. The average Bonchev–Trinajstić information content (AvgIpc) is 2.28. The van der Waals surface area contributed by atoms with Crippen molar-refractivity contribution in [2.45, 2.75) is 13.8 Å². The second-order valence-corrected chi connectivity index (χ2v) is 4.86. The molecule has 0 bridgehead atoms. The summed E-state index contributed by atoms with van der Waals surface area (Å²) in [6, 6.07) is 0. The lowest BCUT2D eigenvalue weighted by atomic mass is 10.3. The fourth-order valence-corrected chi connectivity index (χ4v) is 1.87. The Morgan fingerprint density at radius 3 is 2.39 bits per heavy atom. The molecule has 0 atom stereocenters. The van der Waals surface area contributed by atoms with Crippen LogP contribution in [0.2, 0.25) is 0 Å². The molecule has 0 aliphatic carbocycles. The Hall–Kier alpha value is -1.69. The number of hydrogen-bond donors (Lipinski definition) is 1. The molecule has 98 valence electrons. The van der Waals surface area contributed by atoms with Crippen LogP contribution in [0, 0.1) is 0 Å². The van der Waals surface area contributed by atoms with E-state index in [-0.39, 0.29) is 5.95 Å². The summed E-state index contributed by atoms with van der Waals surface area (Å²) in [7, 11) is 2.12. The number of aromatic nitrogens is 3. The molecule has 2 heterocycles. The van der Waals surface area contributed by atoms with Gasteiger partial charge in [-0.1, -0.05) is 5.57 Å². The average molecular weight is 248 g/mol. The van der Waals surface area contributed by atoms with Crippen LogP contribution < -0.4 is 10.6 Å². The first-order valence-electron chi connectivity index (χ1n) is 6.14. The topological polar surface area (TPSA) is 71.2 Å². The van der Waals surface area contributed by atoms with E-state index >= 15 is 0 Å². The molecule has 1 saturated heterocycles. The summed E-state index contributed by atoms with van der Waals surface area (Å²) in [4.78, 5) is 17.2. The molecule has 1 aromatic rings. The van der Waals surface area contributed by atoms with Crippen molar-refractivity contribution in [1.29, 1.82) is 0 Å². The van der Waals surface area contributed by atoms with Gasteiger partial charge < -0.3 is 15.5 Å². The summed E-state index contributed by atoms with van der Waals surface area (Å²) < 4.78 is 0. The molecule has 0 amide bonds. The van der Waals surface area contributed by atoms with Gasteiger partial charge in [0.2, 0.25) is 11.9 Å². The van der Waals surface area contributed by atoms with Crippen LogP contribution in [0.15, 0.2) is 5.57 Å². The van der Waals surface area contributed by atoms with Gasteiger partial charge in [0.25, 0.3) is 0 Å². The normalized spacial score (nSPS) is 16.7. The van der Waals surface area contributed by atoms with E-state index in [1.807, 2.05) is 19.9 Å². The van der Waals surface area contributed by atoms with Crippen LogP contribution in [-0.2, 0) is 0 Å². The highest BCUT2D eigenvalue weighted by Gasteiger charge is 2.17. The van der Waals surface area contributed by atoms with Gasteiger partial charge in [-0.25, -0.2) is 0 Å². The maximum Gasteiger partial charge on any atom is 0.230 e. The molecule has 0 saturated carbocycles. The van der Waals surface area contributed by atoms with Gasteiger partial charge in [-0.3, -0.25) is 0 Å². The molecule has 1 aromatic heterocycles. The lowest BCUT2D eigenvalue weighted by Crippen LogP contribution is -2.45. The SMILES string of the molecule is CC(C)=Cc1nc(N)nc(N2CCN(C)CC2)n1. The zero-order valence-corrected chi connectivity index (χ0v) is 11.2. The highest BCUT2D eigenvalue weighted by atomic mass is 15.3. The first-order valence-corrected chi connectivity index (χ1v) is 6.14. The first kappa shape index (κ1) is 12.8. The second-order valence-electron chi connectivity index (χ2n) is 4.86. The van der Waals surface area contributed by atoms with Crippen LogP contribution in [0.1, 0.15) is 19.7 Å². The smallest absolute Gasteiger partial charge is 0.230 e. The minimum Gasteiger partial charge on any atom is -0.368 e. The van der Waals surface area contributed by atoms with Crippen molar-refractivity contribution >= 4 is 18.0 Å². The van der Waals surface area contributed by atoms with Crippen LogP contribution in [0.5, 0.6) is 0 Å². The van der Waals surface area contributed by atoms with E-state index in [4.69, 9.17) is 5.73 Å². The molecule has 0 spiro atoms. The Balaban J connectivity index is 2.22. The van der Waals surface area contributed by atoms with Gasteiger partial charge in [-0.2, -0.15) is 15.0 Å². The van der Waals surface area contributed by atoms with Gasteiger partial charge in [-0.15, -0.1) is 0 Å². The van der Waals surface area contributed by atoms with E-state index in [0.717, 1.165) is 31.8 Å². The number of hydrogen-bond acceptors (Lipinski definition) is 6. The Kier molecular flexibility index (Phi) is 3.76. The number of likely N-dealkylation sites (N-methyl/N-ethyl adjacent to an activating group) is 1. The predicted octanol–water partition coefficient (Wildman–Crippen LogP) is 0.629. The van der Waals surface area contributed by atoms with Gasteiger partial charge in [0.15, 0.2) is 5.82 Å². The van der Waals surface area contributed by atoms with Crippen molar-refractivity contribution in [2.24, 2.45) is 0 Å². The Morgan fingerprint density at radius 2 is 1.78 bits per heavy atom. The van der Waals surface area contributed by atoms with E-state index in [1.165, 1.54) is 0 Å². The lowest BCUT2D eigenvalue weighted by molar-refractivity contribution is 0.311. The number of anilines is 2. The van der Waals surface area contributed by atoms with Gasteiger partial charge in [-0.05, 0) is 27.0 Å². The predicted molar refractivity (Wildman–Crippen MR) is 73.3 cm³/mol. The van der Waals surface area contributed by atoms with Gasteiger partial charge in [0.1, 0.15) is 0 Å². The summed E-state index contributed by atoms with van der Waals surface area (Å²) in [6.45, 7) is 7.90. The molecule has 0 aromatic carbocycles. The third-order valence-corrected chi connectivity index (χ3v) is 2.86. The molecular weight excluding hydrogens is 228 g/mol. The van der Waals surface area contributed by atoms with E-state index in [2.05, 4.69) is 31.8 Å². The monoisotopic (exact) mass is 248 g/mol. The van der Waals surface area contributed by atoms with Crippen molar-refractivity contribution < 1.29 is 0 Å². The third-order valence-electron chi connectivity index (χ3n) is 2.86. The summed E-state index contributed by atoms with van der Waals surface area (Å²) in [5.74, 6) is 1.60. The van der Waals surface area contributed by atoms with Crippen LogP contribution >= 0.6 is 0 Å². The van der Waals surface area contributed by atoms with Crippen molar-refractivity contribution in [1.82, 2.24) is 19.9 Å². The second kappa shape index (κ2) is 5.30. The number of nitrogen functional groups attached to an aromatic ring is 1. The minimum absolute atomic E-state index is 0.284. The van der Waals surface area contributed by atoms with Gasteiger partial charge >= 0.3 is 0 Å². The molecule has 18 heavy (non-hydrogen) atoms. The zero-order valence-electron chi connectivity index (χ0n) is 11.2. The fraction of sp³-hybridized carbons (Fsp3) is 0.583. The number of nitrogens with zero attached hydrogens (tertiary/aromatic N) is 5. The lowest BCUT2D eigenvalue weighted by Gasteiger charge is -2.32. The number of rotatable bonds is 2. The molecule has 1 aliphatic rings. The molecule has 1 fully saturated rings. The largest absolute Gasteiger partial charge is 0.368 e. The third kappa shape index (κ3) is 3.16. The summed E-state index contributed by atoms with van der Waals surface area (Å²) >= 11 is 0. The molecule has 2 rings (SSSR count). The van der Waals surface area contributed by atoms with Gasteiger partial charge in [0, 0.05) is 26.2 Å². The molecular formula is C12H20N6. The van der Waals surface area contributed by atoms with E-state index in [9.17, 15) is 0 Å².